The van der Waals surface area contributed by atoms with Crippen molar-refractivity contribution in [3.05, 3.63) is 48.2 Å². The monoisotopic (exact) mass is 215 g/mol. The molecule has 0 fully saturated rings. The third-order valence-electron chi connectivity index (χ3n) is 2.50. The van der Waals surface area contributed by atoms with Crippen molar-refractivity contribution in [2.45, 2.75) is 26.4 Å². The summed E-state index contributed by atoms with van der Waals surface area (Å²) in [6.07, 6.45) is 1.71. The Bertz CT molecular complexity index is 432. The molecule has 1 aromatic carbocycles. The van der Waals surface area contributed by atoms with Crippen molar-refractivity contribution >= 4 is 0 Å². The standard InChI is InChI=1S/C14H17NO/c1-11(2)15-10-12-6-3-4-7-13(12)14-8-5-9-16-14/h3-9,11,15H,10H2,1-2H3. The van der Waals surface area contributed by atoms with Gasteiger partial charge in [-0.15, -0.1) is 0 Å². The molecule has 0 saturated carbocycles. The van der Waals surface area contributed by atoms with Crippen molar-refractivity contribution in [3.63, 3.8) is 0 Å². The largest absolute Gasteiger partial charge is 0.464 e. The first kappa shape index (κ1) is 11.0. The molecule has 0 spiro atoms. The van der Waals surface area contributed by atoms with Crippen molar-refractivity contribution in [2.24, 2.45) is 0 Å². The first-order valence-corrected chi connectivity index (χ1v) is 5.62. The molecule has 1 N–H and O–H groups in total. The number of benzene rings is 1. The van der Waals surface area contributed by atoms with E-state index in [0.29, 0.717) is 6.04 Å². The van der Waals surface area contributed by atoms with E-state index >= 15 is 0 Å². The van der Waals surface area contributed by atoms with Gasteiger partial charge in [0.25, 0.3) is 0 Å². The second kappa shape index (κ2) is 4.99. The zero-order valence-electron chi connectivity index (χ0n) is 9.73. The van der Waals surface area contributed by atoms with Crippen LogP contribution in [0.2, 0.25) is 0 Å². The van der Waals surface area contributed by atoms with E-state index in [2.05, 4.69) is 37.4 Å². The molecule has 0 aliphatic heterocycles. The van der Waals surface area contributed by atoms with E-state index in [-0.39, 0.29) is 0 Å². The van der Waals surface area contributed by atoms with Gasteiger partial charge in [-0.05, 0) is 17.7 Å². The van der Waals surface area contributed by atoms with Crippen LogP contribution in [0.4, 0.5) is 0 Å². The Hall–Kier alpha value is -1.54. The van der Waals surface area contributed by atoms with Gasteiger partial charge >= 0.3 is 0 Å². The van der Waals surface area contributed by atoms with Gasteiger partial charge in [0.05, 0.1) is 6.26 Å². The molecule has 2 aromatic rings. The molecule has 0 bridgehead atoms. The van der Waals surface area contributed by atoms with Crippen molar-refractivity contribution in [2.75, 3.05) is 0 Å². The Morgan fingerprint density at radius 3 is 2.62 bits per heavy atom. The lowest BCUT2D eigenvalue weighted by Crippen LogP contribution is -2.22. The van der Waals surface area contributed by atoms with Crippen LogP contribution in [0.3, 0.4) is 0 Å². The minimum absolute atomic E-state index is 0.490. The van der Waals surface area contributed by atoms with Gasteiger partial charge < -0.3 is 9.73 Å². The molecule has 2 heteroatoms. The van der Waals surface area contributed by atoms with Gasteiger partial charge in [-0.25, -0.2) is 0 Å². The average molecular weight is 215 g/mol. The summed E-state index contributed by atoms with van der Waals surface area (Å²) in [5, 5.41) is 3.42. The van der Waals surface area contributed by atoms with Gasteiger partial charge in [0, 0.05) is 18.2 Å². The van der Waals surface area contributed by atoms with E-state index in [0.717, 1.165) is 12.3 Å². The fourth-order valence-corrected chi connectivity index (χ4v) is 1.66. The summed E-state index contributed by atoms with van der Waals surface area (Å²) in [6, 6.07) is 12.7. The summed E-state index contributed by atoms with van der Waals surface area (Å²) >= 11 is 0. The molecule has 16 heavy (non-hydrogen) atoms. The van der Waals surface area contributed by atoms with Crippen LogP contribution in [0.5, 0.6) is 0 Å². The molecule has 2 rings (SSSR count). The highest BCUT2D eigenvalue weighted by atomic mass is 16.3. The zero-order valence-corrected chi connectivity index (χ0v) is 9.73. The number of hydrogen-bond acceptors (Lipinski definition) is 2. The van der Waals surface area contributed by atoms with Gasteiger partial charge in [-0.1, -0.05) is 38.1 Å². The molecule has 0 atom stereocenters. The molecule has 84 valence electrons. The van der Waals surface area contributed by atoms with Crippen LogP contribution in [0.1, 0.15) is 19.4 Å². The number of nitrogens with one attached hydrogen (secondary N) is 1. The number of hydrogen-bond donors (Lipinski definition) is 1. The van der Waals surface area contributed by atoms with Crippen molar-refractivity contribution in [3.8, 4) is 11.3 Å². The quantitative estimate of drug-likeness (QED) is 0.845. The molecule has 1 heterocycles. The normalized spacial score (nSPS) is 10.9. The van der Waals surface area contributed by atoms with Crippen LogP contribution < -0.4 is 5.32 Å². The van der Waals surface area contributed by atoms with Crippen LogP contribution in [0.15, 0.2) is 47.1 Å². The third kappa shape index (κ3) is 2.52. The highest BCUT2D eigenvalue weighted by Crippen LogP contribution is 2.23. The lowest BCUT2D eigenvalue weighted by Gasteiger charge is -2.11. The topological polar surface area (TPSA) is 25.2 Å². The maximum atomic E-state index is 5.44. The minimum Gasteiger partial charge on any atom is -0.464 e. The maximum absolute atomic E-state index is 5.44. The summed E-state index contributed by atoms with van der Waals surface area (Å²) in [7, 11) is 0. The lowest BCUT2D eigenvalue weighted by atomic mass is 10.1. The fourth-order valence-electron chi connectivity index (χ4n) is 1.66. The van der Waals surface area contributed by atoms with E-state index < -0.39 is 0 Å². The molecule has 1 aromatic heterocycles. The lowest BCUT2D eigenvalue weighted by molar-refractivity contribution is 0.573. The molecule has 0 amide bonds. The van der Waals surface area contributed by atoms with Crippen molar-refractivity contribution < 1.29 is 4.42 Å². The first-order chi connectivity index (χ1) is 7.77. The van der Waals surface area contributed by atoms with Crippen LogP contribution >= 0.6 is 0 Å². The smallest absolute Gasteiger partial charge is 0.134 e. The second-order valence-electron chi connectivity index (χ2n) is 4.17. The Morgan fingerprint density at radius 2 is 1.94 bits per heavy atom. The Kier molecular flexibility index (Phi) is 3.42. The number of furan rings is 1. The van der Waals surface area contributed by atoms with E-state index in [4.69, 9.17) is 4.42 Å². The molecule has 0 aliphatic carbocycles. The molecule has 0 radical (unpaired) electrons. The van der Waals surface area contributed by atoms with Crippen LogP contribution in [0.25, 0.3) is 11.3 Å². The summed E-state index contributed by atoms with van der Waals surface area (Å²) < 4.78 is 5.44. The van der Waals surface area contributed by atoms with E-state index in [9.17, 15) is 0 Å². The summed E-state index contributed by atoms with van der Waals surface area (Å²) in [6.45, 7) is 5.17. The highest BCUT2D eigenvalue weighted by molar-refractivity contribution is 5.61. The van der Waals surface area contributed by atoms with Crippen molar-refractivity contribution in [1.82, 2.24) is 5.32 Å². The zero-order chi connectivity index (χ0) is 11.4. The first-order valence-electron chi connectivity index (χ1n) is 5.62. The fraction of sp³-hybridized carbons (Fsp3) is 0.286. The van der Waals surface area contributed by atoms with Gasteiger partial charge in [-0.2, -0.15) is 0 Å². The third-order valence-corrected chi connectivity index (χ3v) is 2.50. The van der Waals surface area contributed by atoms with Crippen LogP contribution in [0, 0.1) is 0 Å². The Labute approximate surface area is 96.3 Å². The SMILES string of the molecule is CC(C)NCc1ccccc1-c1ccco1. The summed E-state index contributed by atoms with van der Waals surface area (Å²) in [5.74, 6) is 0.932. The van der Waals surface area contributed by atoms with Crippen LogP contribution in [-0.4, -0.2) is 6.04 Å². The minimum atomic E-state index is 0.490. The van der Waals surface area contributed by atoms with E-state index in [1.165, 1.54) is 11.1 Å². The van der Waals surface area contributed by atoms with E-state index in [1.54, 1.807) is 6.26 Å². The maximum Gasteiger partial charge on any atom is 0.134 e. The molecule has 0 saturated heterocycles. The van der Waals surface area contributed by atoms with Crippen molar-refractivity contribution in [1.29, 1.82) is 0 Å². The predicted molar refractivity (Wildman–Crippen MR) is 66.1 cm³/mol. The molecular weight excluding hydrogens is 198 g/mol. The van der Waals surface area contributed by atoms with E-state index in [1.807, 2.05) is 18.2 Å². The van der Waals surface area contributed by atoms with Gasteiger partial charge in [0.15, 0.2) is 0 Å². The second-order valence-corrected chi connectivity index (χ2v) is 4.17. The molecule has 2 nitrogen and oxygen atoms in total. The predicted octanol–water partition coefficient (Wildman–Crippen LogP) is 3.44. The Morgan fingerprint density at radius 1 is 1.12 bits per heavy atom. The average Bonchev–Trinajstić information content (AvgIpc) is 2.80. The Balaban J connectivity index is 2.24. The summed E-state index contributed by atoms with van der Waals surface area (Å²) in [4.78, 5) is 0. The molecular formula is C14H17NO. The van der Waals surface area contributed by atoms with Crippen LogP contribution in [-0.2, 0) is 6.54 Å². The van der Waals surface area contributed by atoms with Gasteiger partial charge in [0.1, 0.15) is 5.76 Å². The van der Waals surface area contributed by atoms with Gasteiger partial charge in [-0.3, -0.25) is 0 Å². The molecule has 0 aliphatic rings. The highest BCUT2D eigenvalue weighted by Gasteiger charge is 2.06. The summed E-state index contributed by atoms with van der Waals surface area (Å²) in [5.41, 5.74) is 2.44. The number of rotatable bonds is 4. The molecule has 0 unspecified atom stereocenters. The van der Waals surface area contributed by atoms with Gasteiger partial charge in [0.2, 0.25) is 0 Å².